The topological polar surface area (TPSA) is 62.2 Å². The third-order valence-corrected chi connectivity index (χ3v) is 3.16. The summed E-state index contributed by atoms with van der Waals surface area (Å²) >= 11 is 0. The Morgan fingerprint density at radius 2 is 1.94 bits per heavy atom. The van der Waals surface area contributed by atoms with Crippen molar-refractivity contribution in [3.05, 3.63) is 39.8 Å². The van der Waals surface area contributed by atoms with Crippen LogP contribution in [-0.4, -0.2) is 16.5 Å². The highest BCUT2D eigenvalue weighted by atomic mass is 16.5. The molecule has 18 heavy (non-hydrogen) atoms. The van der Waals surface area contributed by atoms with E-state index in [2.05, 4.69) is 0 Å². The van der Waals surface area contributed by atoms with E-state index in [0.29, 0.717) is 11.4 Å². The fourth-order valence-electron chi connectivity index (χ4n) is 1.97. The Bertz CT molecular complexity index is 653. The van der Waals surface area contributed by atoms with Crippen LogP contribution < -0.4 is 16.0 Å². The molecular weight excluding hydrogens is 230 g/mol. The molecule has 0 saturated carbocycles. The average molecular weight is 247 g/mol. The molecule has 5 nitrogen and oxygen atoms in total. The Balaban J connectivity index is 2.81. The van der Waals surface area contributed by atoms with Gasteiger partial charge in [0.25, 0.3) is 5.56 Å². The van der Waals surface area contributed by atoms with E-state index in [1.807, 2.05) is 32.0 Å². The minimum atomic E-state index is -0.223. The quantitative estimate of drug-likeness (QED) is 0.872. The summed E-state index contributed by atoms with van der Waals surface area (Å²) < 4.78 is 8.56. The number of nitrogens with zero attached hydrogens (tertiary/aromatic N) is 2. The number of aromatic nitrogens is 2. The molecule has 0 unspecified atom stereocenters. The molecule has 1 heterocycles. The van der Waals surface area contributed by atoms with E-state index in [4.69, 9.17) is 10.5 Å². The van der Waals surface area contributed by atoms with Crippen molar-refractivity contribution in [2.75, 3.05) is 12.8 Å². The van der Waals surface area contributed by atoms with Crippen molar-refractivity contribution in [3.63, 3.8) is 0 Å². The summed E-state index contributed by atoms with van der Waals surface area (Å²) in [5.74, 6) is 0.642. The van der Waals surface area contributed by atoms with Crippen LogP contribution in [0, 0.1) is 13.8 Å². The Hall–Kier alpha value is -2.17. The van der Waals surface area contributed by atoms with Gasteiger partial charge in [-0.05, 0) is 31.5 Å². The molecule has 2 N–H and O–H groups in total. The smallest absolute Gasteiger partial charge is 0.294 e. The molecule has 0 saturated heterocycles. The van der Waals surface area contributed by atoms with Gasteiger partial charge < -0.3 is 10.5 Å². The SMILES string of the molecule is COc1ccc(C)cc1-n1c(=O)c(N)c(C)n1C. The number of benzene rings is 1. The van der Waals surface area contributed by atoms with Crippen molar-refractivity contribution in [1.29, 1.82) is 0 Å². The van der Waals surface area contributed by atoms with Gasteiger partial charge in [-0.2, -0.15) is 0 Å². The van der Waals surface area contributed by atoms with Crippen LogP contribution in [0.1, 0.15) is 11.3 Å². The molecular formula is C13H17N3O2. The largest absolute Gasteiger partial charge is 0.494 e. The maximum Gasteiger partial charge on any atom is 0.294 e. The summed E-state index contributed by atoms with van der Waals surface area (Å²) in [6, 6.07) is 5.68. The number of rotatable bonds is 2. The molecule has 0 spiro atoms. The van der Waals surface area contributed by atoms with Crippen LogP contribution in [-0.2, 0) is 7.05 Å². The normalized spacial score (nSPS) is 10.7. The Morgan fingerprint density at radius 1 is 1.28 bits per heavy atom. The monoisotopic (exact) mass is 247 g/mol. The van der Waals surface area contributed by atoms with Crippen molar-refractivity contribution >= 4 is 5.69 Å². The van der Waals surface area contributed by atoms with Gasteiger partial charge in [-0.25, -0.2) is 4.68 Å². The highest BCUT2D eigenvalue weighted by Gasteiger charge is 2.16. The minimum Gasteiger partial charge on any atom is -0.494 e. The second-order valence-corrected chi connectivity index (χ2v) is 4.31. The highest BCUT2D eigenvalue weighted by Crippen LogP contribution is 2.23. The zero-order valence-corrected chi connectivity index (χ0v) is 11.0. The van der Waals surface area contributed by atoms with Gasteiger partial charge in [-0.15, -0.1) is 0 Å². The fourth-order valence-corrected chi connectivity index (χ4v) is 1.97. The maximum absolute atomic E-state index is 12.2. The summed E-state index contributed by atoms with van der Waals surface area (Å²) in [7, 11) is 3.38. The predicted molar refractivity (Wildman–Crippen MR) is 71.4 cm³/mol. The third kappa shape index (κ3) is 1.68. The number of ether oxygens (including phenoxy) is 1. The standard InChI is InChI=1S/C13H17N3O2/c1-8-5-6-11(18-4)10(7-8)16-13(17)12(14)9(2)15(16)3/h5-7H,14H2,1-4H3. The van der Waals surface area contributed by atoms with Crippen molar-refractivity contribution in [2.24, 2.45) is 7.05 Å². The van der Waals surface area contributed by atoms with Crippen LogP contribution in [0.5, 0.6) is 5.75 Å². The molecule has 5 heteroatoms. The van der Waals surface area contributed by atoms with Crippen LogP contribution >= 0.6 is 0 Å². The molecule has 0 fully saturated rings. The lowest BCUT2D eigenvalue weighted by molar-refractivity contribution is 0.408. The van der Waals surface area contributed by atoms with Crippen LogP contribution in [0.2, 0.25) is 0 Å². The summed E-state index contributed by atoms with van der Waals surface area (Å²) in [6.07, 6.45) is 0. The lowest BCUT2D eigenvalue weighted by Gasteiger charge is -2.13. The predicted octanol–water partition coefficient (Wildman–Crippen LogP) is 1.38. The highest BCUT2D eigenvalue weighted by molar-refractivity contribution is 5.52. The van der Waals surface area contributed by atoms with Crippen molar-refractivity contribution in [1.82, 2.24) is 9.36 Å². The Kier molecular flexibility index (Phi) is 2.90. The zero-order valence-electron chi connectivity index (χ0n) is 11.0. The Morgan fingerprint density at radius 3 is 2.44 bits per heavy atom. The van der Waals surface area contributed by atoms with Gasteiger partial charge in [0.15, 0.2) is 0 Å². The van der Waals surface area contributed by atoms with Crippen molar-refractivity contribution in [2.45, 2.75) is 13.8 Å². The van der Waals surface area contributed by atoms with E-state index in [1.54, 1.807) is 18.8 Å². The molecule has 2 rings (SSSR count). The number of nitrogen functional groups attached to an aromatic ring is 1. The van der Waals surface area contributed by atoms with E-state index in [-0.39, 0.29) is 11.2 Å². The van der Waals surface area contributed by atoms with Gasteiger partial charge in [0, 0.05) is 7.05 Å². The first-order chi connectivity index (χ1) is 8.47. The first-order valence-electron chi connectivity index (χ1n) is 5.66. The Labute approximate surface area is 105 Å². The number of hydrogen-bond donors (Lipinski definition) is 1. The minimum absolute atomic E-state index is 0.223. The van der Waals surface area contributed by atoms with Crippen molar-refractivity contribution in [3.8, 4) is 11.4 Å². The molecule has 1 aromatic heterocycles. The van der Waals surface area contributed by atoms with E-state index in [0.717, 1.165) is 11.3 Å². The molecule has 0 amide bonds. The lowest BCUT2D eigenvalue weighted by atomic mass is 10.2. The van der Waals surface area contributed by atoms with Gasteiger partial charge in [-0.3, -0.25) is 9.48 Å². The third-order valence-electron chi connectivity index (χ3n) is 3.16. The molecule has 2 aromatic rings. The van der Waals surface area contributed by atoms with Gasteiger partial charge in [0.05, 0.1) is 12.8 Å². The first-order valence-corrected chi connectivity index (χ1v) is 5.66. The van der Waals surface area contributed by atoms with E-state index in [9.17, 15) is 4.79 Å². The van der Waals surface area contributed by atoms with E-state index in [1.165, 1.54) is 4.68 Å². The number of hydrogen-bond acceptors (Lipinski definition) is 3. The van der Waals surface area contributed by atoms with Gasteiger partial charge in [0.2, 0.25) is 0 Å². The van der Waals surface area contributed by atoms with Crippen LogP contribution in [0.15, 0.2) is 23.0 Å². The summed E-state index contributed by atoms with van der Waals surface area (Å²) in [4.78, 5) is 12.2. The molecule has 0 aliphatic carbocycles. The second kappa shape index (κ2) is 4.25. The van der Waals surface area contributed by atoms with Gasteiger partial charge >= 0.3 is 0 Å². The fraction of sp³-hybridized carbons (Fsp3) is 0.308. The van der Waals surface area contributed by atoms with Crippen LogP contribution in [0.4, 0.5) is 5.69 Å². The van der Waals surface area contributed by atoms with E-state index >= 15 is 0 Å². The molecule has 0 radical (unpaired) electrons. The summed E-state index contributed by atoms with van der Waals surface area (Å²) in [5, 5.41) is 0. The summed E-state index contributed by atoms with van der Waals surface area (Å²) in [5.41, 5.74) is 8.31. The zero-order chi connectivity index (χ0) is 13.4. The van der Waals surface area contributed by atoms with E-state index < -0.39 is 0 Å². The average Bonchev–Trinajstić information content (AvgIpc) is 2.54. The molecule has 0 aliphatic rings. The maximum atomic E-state index is 12.2. The first kappa shape index (κ1) is 12.3. The van der Waals surface area contributed by atoms with Crippen LogP contribution in [0.3, 0.4) is 0 Å². The summed E-state index contributed by atoms with van der Waals surface area (Å²) in [6.45, 7) is 3.78. The van der Waals surface area contributed by atoms with Gasteiger partial charge in [0.1, 0.15) is 17.1 Å². The molecule has 0 bridgehead atoms. The van der Waals surface area contributed by atoms with Crippen molar-refractivity contribution < 1.29 is 4.74 Å². The molecule has 96 valence electrons. The number of methoxy groups -OCH3 is 1. The second-order valence-electron chi connectivity index (χ2n) is 4.31. The molecule has 0 atom stereocenters. The van der Waals surface area contributed by atoms with Gasteiger partial charge in [-0.1, -0.05) is 6.07 Å². The lowest BCUT2D eigenvalue weighted by Crippen LogP contribution is -2.21. The number of aryl methyl sites for hydroxylation is 1. The number of anilines is 1. The molecule has 0 aliphatic heterocycles. The molecule has 1 aromatic carbocycles. The van der Waals surface area contributed by atoms with Crippen LogP contribution in [0.25, 0.3) is 5.69 Å². The number of nitrogens with two attached hydrogens (primary N) is 1.